The van der Waals surface area contributed by atoms with Crippen LogP contribution in [-0.4, -0.2) is 3.26 Å². The minimum absolute atomic E-state index is 0.0759. The van der Waals surface area contributed by atoms with Crippen LogP contribution in [0.3, 0.4) is 0 Å². The van der Waals surface area contributed by atoms with E-state index in [2.05, 4.69) is 112 Å². The first-order valence-corrected chi connectivity index (χ1v) is 28.4. The molecular weight excluding hydrogens is 646 g/mol. The molecular formula is C33H44Cl2Hf. The minimum atomic E-state index is -4.88. The number of allylic oxidation sites excluding steroid dienone is 2. The van der Waals surface area contributed by atoms with Crippen LogP contribution < -0.4 is 0 Å². The summed E-state index contributed by atoms with van der Waals surface area (Å²) in [6, 6.07) is 9.36. The Hall–Kier alpha value is -0.760. The predicted molar refractivity (Wildman–Crippen MR) is 161 cm³/mol. The molecule has 0 N–H and O–H groups in total. The fourth-order valence-corrected chi connectivity index (χ4v) is 25.3. The van der Waals surface area contributed by atoms with Crippen LogP contribution in [0.15, 0.2) is 33.7 Å². The number of hydrogen-bond donors (Lipinski definition) is 0. The Labute approximate surface area is 227 Å². The second-order valence-electron chi connectivity index (χ2n) is 12.6. The van der Waals surface area contributed by atoms with E-state index in [1.165, 1.54) is 51.1 Å². The first-order valence-electron chi connectivity index (χ1n) is 13.8. The van der Waals surface area contributed by atoms with Crippen molar-refractivity contribution >= 4 is 32.6 Å². The summed E-state index contributed by atoms with van der Waals surface area (Å²) in [5.74, 6) is 1.81. The van der Waals surface area contributed by atoms with Gasteiger partial charge in [0.05, 0.1) is 0 Å². The van der Waals surface area contributed by atoms with Gasteiger partial charge in [-0.1, -0.05) is 0 Å². The van der Waals surface area contributed by atoms with Crippen molar-refractivity contribution in [2.75, 3.05) is 0 Å². The van der Waals surface area contributed by atoms with Crippen LogP contribution in [0.5, 0.6) is 0 Å². The zero-order valence-corrected chi connectivity index (χ0v) is 29.0. The molecule has 2 aliphatic rings. The van der Waals surface area contributed by atoms with E-state index in [0.717, 1.165) is 6.42 Å². The van der Waals surface area contributed by atoms with Gasteiger partial charge < -0.3 is 0 Å². The number of benzene rings is 2. The Balaban J connectivity index is 2.01. The maximum atomic E-state index is 8.16. The maximum absolute atomic E-state index is 8.16. The SMILES string of the molecule is C[C](C)=[Hf]([Cl])([Cl])([C]1=Cc2c(C(C)C)ccc(C(C)C)c2C1)[CH]1C=Cc2c(C(C)C)ccc(C(C)C)c21. The zero-order chi connectivity index (χ0) is 26.8. The topological polar surface area (TPSA) is 0 Å². The van der Waals surface area contributed by atoms with Gasteiger partial charge in [-0.2, -0.15) is 0 Å². The van der Waals surface area contributed by atoms with Gasteiger partial charge in [0, 0.05) is 0 Å². The van der Waals surface area contributed by atoms with Gasteiger partial charge in [0.25, 0.3) is 0 Å². The summed E-state index contributed by atoms with van der Waals surface area (Å²) >= 11 is -4.88. The molecule has 0 aromatic heterocycles. The molecule has 0 fully saturated rings. The van der Waals surface area contributed by atoms with Crippen molar-refractivity contribution < 1.29 is 15.7 Å². The van der Waals surface area contributed by atoms with Gasteiger partial charge in [-0.3, -0.25) is 0 Å². The summed E-state index contributed by atoms with van der Waals surface area (Å²) in [4.78, 5) is 0. The van der Waals surface area contributed by atoms with Crippen LogP contribution in [0, 0.1) is 0 Å². The summed E-state index contributed by atoms with van der Waals surface area (Å²) < 4.78 is 2.65. The predicted octanol–water partition coefficient (Wildman–Crippen LogP) is 11.1. The van der Waals surface area contributed by atoms with E-state index in [0.29, 0.717) is 23.7 Å². The van der Waals surface area contributed by atoms with Gasteiger partial charge in [-0.15, -0.1) is 0 Å². The summed E-state index contributed by atoms with van der Waals surface area (Å²) in [6.45, 7) is 22.8. The van der Waals surface area contributed by atoms with Crippen LogP contribution in [0.1, 0.15) is 141 Å². The van der Waals surface area contributed by atoms with E-state index in [9.17, 15) is 0 Å². The molecule has 3 heteroatoms. The van der Waals surface area contributed by atoms with Gasteiger partial charge >= 0.3 is 229 Å². The van der Waals surface area contributed by atoms with Gasteiger partial charge in [-0.25, -0.2) is 0 Å². The zero-order valence-electron chi connectivity index (χ0n) is 23.9. The molecule has 0 saturated heterocycles. The van der Waals surface area contributed by atoms with Crippen LogP contribution in [0.2, 0.25) is 0 Å². The molecule has 0 radical (unpaired) electrons. The molecule has 4 rings (SSSR count). The summed E-state index contributed by atoms with van der Waals surface area (Å²) in [5.41, 5.74) is 11.3. The second-order valence-corrected chi connectivity index (χ2v) is 42.9. The van der Waals surface area contributed by atoms with Gasteiger partial charge in [0.15, 0.2) is 0 Å². The third-order valence-corrected chi connectivity index (χ3v) is 40.4. The summed E-state index contributed by atoms with van der Waals surface area (Å²) in [7, 11) is 16.3. The average molecular weight is 690 g/mol. The molecule has 0 spiro atoms. The van der Waals surface area contributed by atoms with Crippen LogP contribution in [-0.2, 0) is 22.1 Å². The average Bonchev–Trinajstić information content (AvgIpc) is 3.43. The molecule has 0 bridgehead atoms. The Bertz CT molecular complexity index is 1340. The Morgan fingerprint density at radius 1 is 0.722 bits per heavy atom. The molecule has 2 aliphatic carbocycles. The number of fused-ring (bicyclic) bond motifs is 2. The standard InChI is InChI=1S/2C15H19.C3H6.2ClH.Hf/c2*1-10(2)12-8-9-13(11(3)4)15-7-5-6-14(12)15;1-3-2;;;/h6,8-11H,7H2,1-4H3;5-11H,1-4H3;1-2H3;2*1H;/q;;;;;+2/p-2. The fourth-order valence-electron chi connectivity index (χ4n) is 6.57. The molecule has 1 atom stereocenters. The quantitative estimate of drug-likeness (QED) is 0.265. The van der Waals surface area contributed by atoms with Crippen molar-refractivity contribution in [3.8, 4) is 0 Å². The van der Waals surface area contributed by atoms with Crippen LogP contribution in [0.25, 0.3) is 12.2 Å². The van der Waals surface area contributed by atoms with E-state index in [-0.39, 0.29) is 3.67 Å². The second kappa shape index (κ2) is 9.77. The first kappa shape index (κ1) is 28.3. The third-order valence-electron chi connectivity index (χ3n) is 8.77. The van der Waals surface area contributed by atoms with Crippen molar-refractivity contribution in [3.63, 3.8) is 0 Å². The monoisotopic (exact) mass is 690 g/mol. The van der Waals surface area contributed by atoms with Gasteiger partial charge in [0.1, 0.15) is 0 Å². The van der Waals surface area contributed by atoms with Gasteiger partial charge in [-0.05, 0) is 0 Å². The van der Waals surface area contributed by atoms with E-state index in [1.807, 2.05) is 0 Å². The van der Waals surface area contributed by atoms with Crippen molar-refractivity contribution in [1.29, 1.82) is 0 Å². The normalized spacial score (nSPS) is 17.5. The third kappa shape index (κ3) is 4.24. The molecule has 1 unspecified atom stereocenters. The molecule has 0 aliphatic heterocycles. The number of hydrogen-bond acceptors (Lipinski definition) is 0. The molecule has 0 saturated carbocycles. The Kier molecular flexibility index (Phi) is 7.66. The molecule has 2 aromatic rings. The summed E-state index contributed by atoms with van der Waals surface area (Å²) in [6.07, 6.45) is 8.04. The number of rotatable bonds is 6. The van der Waals surface area contributed by atoms with E-state index in [4.69, 9.17) is 17.2 Å². The fraction of sp³-hybridized carbons (Fsp3) is 0.485. The summed E-state index contributed by atoms with van der Waals surface area (Å²) in [5, 5.41) is 0. The van der Waals surface area contributed by atoms with Gasteiger partial charge in [0.2, 0.25) is 0 Å². The van der Waals surface area contributed by atoms with E-state index < -0.39 is 15.7 Å². The molecule has 194 valence electrons. The Morgan fingerprint density at radius 3 is 1.69 bits per heavy atom. The van der Waals surface area contributed by atoms with E-state index in [1.54, 1.807) is 0 Å². The first-order chi connectivity index (χ1) is 16.7. The molecule has 0 nitrogen and oxygen atoms in total. The molecule has 2 aromatic carbocycles. The Morgan fingerprint density at radius 2 is 1.19 bits per heavy atom. The van der Waals surface area contributed by atoms with Crippen molar-refractivity contribution in [3.05, 3.63) is 78.2 Å². The van der Waals surface area contributed by atoms with Crippen molar-refractivity contribution in [2.24, 2.45) is 0 Å². The molecule has 0 heterocycles. The van der Waals surface area contributed by atoms with Crippen LogP contribution in [0.4, 0.5) is 0 Å². The number of halogens is 2. The van der Waals surface area contributed by atoms with Crippen LogP contribution >= 0.6 is 17.2 Å². The molecule has 36 heavy (non-hydrogen) atoms. The molecule has 0 amide bonds. The van der Waals surface area contributed by atoms with Crippen molar-refractivity contribution in [1.82, 2.24) is 0 Å². The van der Waals surface area contributed by atoms with E-state index >= 15 is 0 Å². The van der Waals surface area contributed by atoms with Crippen molar-refractivity contribution in [2.45, 2.75) is 103 Å².